The first-order chi connectivity index (χ1) is 15.3. The van der Waals surface area contributed by atoms with Gasteiger partial charge in [-0.15, -0.1) is 0 Å². The Bertz CT molecular complexity index is 1100. The van der Waals surface area contributed by atoms with Gasteiger partial charge in [-0.3, -0.25) is 0 Å². The number of fused-ring (bicyclic) bond motifs is 1. The van der Waals surface area contributed by atoms with Crippen molar-refractivity contribution in [3.05, 3.63) is 42.5 Å². The standard InChI is InChI=1S/C25H31B2NO5/c1-22(2)23(3,4)31-26(30-22)17-13-16(21-28-19-11-9-10-12-20(19)29-21)14-18(15-17)27-32-24(5,6)25(7,8)33-27/h9-15H,1-8H3. The van der Waals surface area contributed by atoms with Gasteiger partial charge >= 0.3 is 14.2 Å². The van der Waals surface area contributed by atoms with Crippen molar-refractivity contribution in [3.8, 4) is 11.5 Å². The highest BCUT2D eigenvalue weighted by Gasteiger charge is 2.54. The Kier molecular flexibility index (Phi) is 4.94. The maximum Gasteiger partial charge on any atom is 0.494 e. The molecule has 8 heteroatoms. The molecule has 172 valence electrons. The van der Waals surface area contributed by atoms with Gasteiger partial charge in [0.05, 0.1) is 22.4 Å². The van der Waals surface area contributed by atoms with Crippen molar-refractivity contribution in [1.82, 2.24) is 4.98 Å². The first-order valence-corrected chi connectivity index (χ1v) is 11.5. The summed E-state index contributed by atoms with van der Waals surface area (Å²) < 4.78 is 31.5. The summed E-state index contributed by atoms with van der Waals surface area (Å²) in [5.41, 5.74) is 2.33. The van der Waals surface area contributed by atoms with Gasteiger partial charge in [0, 0.05) is 5.56 Å². The minimum Gasteiger partial charge on any atom is -0.436 e. The topological polar surface area (TPSA) is 63.0 Å². The van der Waals surface area contributed by atoms with Crippen LogP contribution in [0.25, 0.3) is 22.6 Å². The maximum absolute atomic E-state index is 6.34. The number of rotatable bonds is 3. The molecule has 2 fully saturated rings. The van der Waals surface area contributed by atoms with Crippen molar-refractivity contribution >= 4 is 36.3 Å². The molecule has 0 N–H and O–H groups in total. The molecule has 33 heavy (non-hydrogen) atoms. The van der Waals surface area contributed by atoms with E-state index in [0.717, 1.165) is 27.6 Å². The monoisotopic (exact) mass is 447 g/mol. The Morgan fingerprint density at radius 3 is 1.55 bits per heavy atom. The molecule has 2 aliphatic heterocycles. The smallest absolute Gasteiger partial charge is 0.436 e. The third-order valence-corrected chi connectivity index (χ3v) is 7.57. The molecule has 2 aromatic carbocycles. The Morgan fingerprint density at radius 2 is 1.09 bits per heavy atom. The van der Waals surface area contributed by atoms with Crippen molar-refractivity contribution in [2.75, 3.05) is 0 Å². The van der Waals surface area contributed by atoms with Crippen LogP contribution in [0.3, 0.4) is 0 Å². The van der Waals surface area contributed by atoms with Crippen molar-refractivity contribution in [1.29, 1.82) is 0 Å². The van der Waals surface area contributed by atoms with Crippen LogP contribution in [0.1, 0.15) is 55.4 Å². The van der Waals surface area contributed by atoms with Crippen molar-refractivity contribution in [2.24, 2.45) is 0 Å². The summed E-state index contributed by atoms with van der Waals surface area (Å²) in [6.45, 7) is 16.4. The summed E-state index contributed by atoms with van der Waals surface area (Å²) in [5.74, 6) is 0.535. The summed E-state index contributed by atoms with van der Waals surface area (Å²) >= 11 is 0. The highest BCUT2D eigenvalue weighted by molar-refractivity contribution is 6.66. The molecule has 3 heterocycles. The molecule has 5 rings (SSSR count). The van der Waals surface area contributed by atoms with Crippen LogP contribution in [0.4, 0.5) is 0 Å². The molecular weight excluding hydrogens is 416 g/mol. The quantitative estimate of drug-likeness (QED) is 0.564. The van der Waals surface area contributed by atoms with E-state index in [1.165, 1.54) is 0 Å². The van der Waals surface area contributed by atoms with Gasteiger partial charge in [0.2, 0.25) is 5.89 Å². The normalized spacial score (nSPS) is 22.9. The Balaban J connectivity index is 1.61. The molecular formula is C25H31B2NO5. The van der Waals surface area contributed by atoms with Gasteiger partial charge in [0.25, 0.3) is 0 Å². The van der Waals surface area contributed by atoms with Crippen LogP contribution in [-0.2, 0) is 18.6 Å². The first-order valence-electron chi connectivity index (χ1n) is 11.5. The highest BCUT2D eigenvalue weighted by Crippen LogP contribution is 2.38. The Hall–Kier alpha value is -2.12. The minimum absolute atomic E-state index is 0.449. The lowest BCUT2D eigenvalue weighted by Crippen LogP contribution is -2.41. The molecule has 0 atom stereocenters. The summed E-state index contributed by atoms with van der Waals surface area (Å²) in [6.07, 6.45) is 0. The number of oxazole rings is 1. The molecule has 2 aliphatic rings. The van der Waals surface area contributed by atoms with Gasteiger partial charge in [0.15, 0.2) is 5.58 Å². The maximum atomic E-state index is 6.34. The summed E-state index contributed by atoms with van der Waals surface area (Å²) in [4.78, 5) is 4.70. The Labute approximate surface area is 196 Å². The molecule has 0 bridgehead atoms. The Morgan fingerprint density at radius 1 is 0.636 bits per heavy atom. The fourth-order valence-electron chi connectivity index (χ4n) is 4.03. The summed E-state index contributed by atoms with van der Waals surface area (Å²) in [7, 11) is -1.05. The molecule has 0 saturated carbocycles. The number of benzene rings is 2. The molecule has 0 spiro atoms. The van der Waals surface area contributed by atoms with Gasteiger partial charge in [-0.1, -0.05) is 18.2 Å². The number of para-hydroxylation sites is 2. The fraction of sp³-hybridized carbons (Fsp3) is 0.480. The predicted molar refractivity (Wildman–Crippen MR) is 131 cm³/mol. The van der Waals surface area contributed by atoms with E-state index in [9.17, 15) is 0 Å². The average Bonchev–Trinajstić information content (AvgIpc) is 3.31. The lowest BCUT2D eigenvalue weighted by Gasteiger charge is -2.32. The van der Waals surface area contributed by atoms with Gasteiger partial charge in [-0.2, -0.15) is 0 Å². The van der Waals surface area contributed by atoms with E-state index in [4.69, 9.17) is 28.0 Å². The van der Waals surface area contributed by atoms with Gasteiger partial charge < -0.3 is 23.0 Å². The third-order valence-electron chi connectivity index (χ3n) is 7.57. The van der Waals surface area contributed by atoms with Gasteiger partial charge in [-0.25, -0.2) is 4.98 Å². The SMILES string of the molecule is CC1(C)OB(c2cc(B3OC(C)(C)C(C)(C)O3)cc(-c3nc4ccccc4o3)c2)OC1(C)C. The number of aromatic nitrogens is 1. The third kappa shape index (κ3) is 3.73. The van der Waals surface area contributed by atoms with Crippen LogP contribution in [-0.4, -0.2) is 41.6 Å². The van der Waals surface area contributed by atoms with Crippen LogP contribution in [0.5, 0.6) is 0 Å². The molecule has 0 aliphatic carbocycles. The molecule has 0 amide bonds. The first kappa shape index (κ1) is 22.7. The second-order valence-corrected chi connectivity index (χ2v) is 11.1. The highest BCUT2D eigenvalue weighted by atomic mass is 16.7. The van der Waals surface area contributed by atoms with Crippen LogP contribution in [0, 0.1) is 0 Å². The summed E-state index contributed by atoms with van der Waals surface area (Å²) in [6, 6.07) is 13.8. The zero-order valence-corrected chi connectivity index (χ0v) is 20.7. The fourth-order valence-corrected chi connectivity index (χ4v) is 4.03. The van der Waals surface area contributed by atoms with E-state index in [1.807, 2.05) is 97.9 Å². The number of nitrogens with zero attached hydrogens (tertiary/aromatic N) is 1. The molecule has 0 unspecified atom stereocenters. The minimum atomic E-state index is -0.527. The predicted octanol–water partition coefficient (Wildman–Crippen LogP) is 4.09. The number of hydrogen-bond donors (Lipinski definition) is 0. The molecule has 0 radical (unpaired) electrons. The van der Waals surface area contributed by atoms with E-state index in [2.05, 4.69) is 0 Å². The van der Waals surface area contributed by atoms with Crippen LogP contribution < -0.4 is 10.9 Å². The second kappa shape index (κ2) is 7.19. The molecule has 3 aromatic rings. The second-order valence-electron chi connectivity index (χ2n) is 11.1. The van der Waals surface area contributed by atoms with Gasteiger partial charge in [0.1, 0.15) is 5.52 Å². The van der Waals surface area contributed by atoms with E-state index in [1.54, 1.807) is 0 Å². The van der Waals surface area contributed by atoms with Crippen molar-refractivity contribution < 1.29 is 23.0 Å². The zero-order valence-electron chi connectivity index (χ0n) is 20.7. The van der Waals surface area contributed by atoms with E-state index in [0.29, 0.717) is 5.89 Å². The van der Waals surface area contributed by atoms with Crippen molar-refractivity contribution in [2.45, 2.75) is 77.8 Å². The van der Waals surface area contributed by atoms with Gasteiger partial charge in [-0.05, 0) is 90.6 Å². The molecule has 6 nitrogen and oxygen atoms in total. The lowest BCUT2D eigenvalue weighted by atomic mass is 9.71. The zero-order chi connectivity index (χ0) is 23.8. The van der Waals surface area contributed by atoms with Crippen molar-refractivity contribution in [3.63, 3.8) is 0 Å². The average molecular weight is 447 g/mol. The summed E-state index contributed by atoms with van der Waals surface area (Å²) in [5, 5.41) is 0. The largest absolute Gasteiger partial charge is 0.494 e. The van der Waals surface area contributed by atoms with E-state index in [-0.39, 0.29) is 0 Å². The van der Waals surface area contributed by atoms with E-state index < -0.39 is 36.6 Å². The van der Waals surface area contributed by atoms with E-state index >= 15 is 0 Å². The number of hydrogen-bond acceptors (Lipinski definition) is 6. The lowest BCUT2D eigenvalue weighted by molar-refractivity contribution is 0.00578. The molecule has 2 saturated heterocycles. The van der Waals surface area contributed by atoms with Crippen LogP contribution in [0.2, 0.25) is 0 Å². The van der Waals surface area contributed by atoms with Crippen LogP contribution in [0.15, 0.2) is 46.9 Å². The van der Waals surface area contributed by atoms with Crippen LogP contribution >= 0.6 is 0 Å². The molecule has 1 aromatic heterocycles.